The highest BCUT2D eigenvalue weighted by Gasteiger charge is 2.57. The molecule has 3 aromatic rings. The highest BCUT2D eigenvalue weighted by Crippen LogP contribution is 2.47. The predicted octanol–water partition coefficient (Wildman–Crippen LogP) is 9.83. The lowest BCUT2D eigenvalue weighted by Crippen LogP contribution is -2.55. The highest BCUT2D eigenvalue weighted by atomic mass is 16.6. The van der Waals surface area contributed by atoms with Crippen LogP contribution < -0.4 is 5.32 Å². The van der Waals surface area contributed by atoms with E-state index in [2.05, 4.69) is 5.32 Å². The van der Waals surface area contributed by atoms with Gasteiger partial charge in [-0.3, -0.25) is 19.9 Å². The summed E-state index contributed by atoms with van der Waals surface area (Å²) >= 11 is 0. The Morgan fingerprint density at radius 2 is 1.10 bits per heavy atom. The molecule has 2 unspecified atom stereocenters. The molecule has 2 fully saturated rings. The van der Waals surface area contributed by atoms with Gasteiger partial charge in [-0.15, -0.1) is 0 Å². The molecule has 5 rings (SSSR count). The van der Waals surface area contributed by atoms with Gasteiger partial charge >= 0.3 is 18.3 Å². The van der Waals surface area contributed by atoms with Gasteiger partial charge in [0.05, 0.1) is 24.1 Å². The van der Waals surface area contributed by atoms with Gasteiger partial charge in [-0.1, -0.05) is 78.9 Å². The van der Waals surface area contributed by atoms with Crippen LogP contribution >= 0.6 is 0 Å². The summed E-state index contributed by atoms with van der Waals surface area (Å²) in [6.07, 6.45) is -2.25. The number of anilines is 1. The molecule has 2 aliphatic heterocycles. The summed E-state index contributed by atoms with van der Waals surface area (Å²) in [4.78, 5) is 58.6. The first kappa shape index (κ1) is 46.8. The molecule has 0 aromatic heterocycles. The summed E-state index contributed by atoms with van der Waals surface area (Å²) in [6.45, 7) is 22.8. The molecule has 330 valence electrons. The topological polar surface area (TPSA) is 153 Å². The molecule has 2 N–H and O–H groups in total. The van der Waals surface area contributed by atoms with Crippen LogP contribution in [0.1, 0.15) is 125 Å². The quantitative estimate of drug-likeness (QED) is 0.157. The van der Waals surface area contributed by atoms with E-state index in [1.807, 2.05) is 60.7 Å². The molecule has 0 bridgehead atoms. The van der Waals surface area contributed by atoms with Crippen molar-refractivity contribution in [2.75, 3.05) is 5.32 Å². The number of nitrogens with one attached hydrogen (secondary N) is 1. The van der Waals surface area contributed by atoms with E-state index in [-0.39, 0.29) is 0 Å². The maximum Gasteiger partial charge on any atom is 0.413 e. The van der Waals surface area contributed by atoms with Gasteiger partial charge in [0.1, 0.15) is 40.5 Å². The zero-order valence-corrected chi connectivity index (χ0v) is 37.7. The normalized spacial score (nSPS) is 22.4. The van der Waals surface area contributed by atoms with Crippen molar-refractivity contribution >= 4 is 29.8 Å². The fourth-order valence-corrected chi connectivity index (χ4v) is 7.72. The van der Waals surface area contributed by atoms with Crippen LogP contribution in [-0.2, 0) is 28.5 Å². The Balaban J connectivity index is 1.64. The number of ketones is 1. The molecule has 61 heavy (non-hydrogen) atoms. The number of rotatable bonds is 9. The second-order valence-corrected chi connectivity index (χ2v) is 19.5. The monoisotopic (exact) mass is 841 g/mol. The molecule has 3 aromatic carbocycles. The van der Waals surface area contributed by atoms with Crippen molar-refractivity contribution in [3.63, 3.8) is 0 Å². The van der Waals surface area contributed by atoms with Crippen molar-refractivity contribution in [3.8, 4) is 0 Å². The molecule has 13 nitrogen and oxygen atoms in total. The summed E-state index contributed by atoms with van der Waals surface area (Å²) in [5, 5.41) is 15.6. The zero-order valence-electron chi connectivity index (χ0n) is 37.7. The number of amides is 3. The molecule has 2 saturated heterocycles. The standard InChI is InChI=1S/C48H63N3O10/c1-44(2,3)59-41(54)49-33-26-24-30(25-27-33)36(38(53)37-40(32-22-18-15-19-23-32)58-48(12,13)51(37)43(56)61-46(7,8)9)35(52)29-28-34-39(31-20-16-14-17-21-31)57-47(10,11)50(34)42(55)60-45(4,5)6/h14-29,34,36-40,53H,1-13H3,(H,49,54)/t34-,36?,37-,38?,39-,40-/m1/s1. The predicted molar refractivity (Wildman–Crippen MR) is 232 cm³/mol. The second-order valence-electron chi connectivity index (χ2n) is 19.5. The summed E-state index contributed by atoms with van der Waals surface area (Å²) in [6, 6.07) is 23.1. The number of aliphatic hydroxyl groups is 1. The fraction of sp³-hybridized carbons (Fsp3) is 0.500. The number of hydrogen-bond acceptors (Lipinski definition) is 10. The molecule has 13 heteroatoms. The number of carbonyl (C=O) groups excluding carboxylic acids is 4. The maximum absolute atomic E-state index is 15.1. The van der Waals surface area contributed by atoms with Gasteiger partial charge in [0.2, 0.25) is 0 Å². The van der Waals surface area contributed by atoms with Crippen molar-refractivity contribution in [2.45, 2.75) is 155 Å². The molecule has 2 aliphatic rings. The first-order valence-electron chi connectivity index (χ1n) is 20.7. The number of ether oxygens (including phenoxy) is 5. The minimum atomic E-state index is -1.59. The first-order valence-corrected chi connectivity index (χ1v) is 20.7. The molecule has 0 spiro atoms. The molecule has 0 aliphatic carbocycles. The fourth-order valence-electron chi connectivity index (χ4n) is 7.72. The number of benzene rings is 3. The number of nitrogens with zero attached hydrogens (tertiary/aromatic N) is 2. The van der Waals surface area contributed by atoms with E-state index < -0.39 is 88.6 Å². The van der Waals surface area contributed by atoms with Crippen LogP contribution in [0.25, 0.3) is 0 Å². The third kappa shape index (κ3) is 11.6. The average Bonchev–Trinajstić information content (AvgIpc) is 3.58. The lowest BCUT2D eigenvalue weighted by atomic mass is 9.82. The van der Waals surface area contributed by atoms with E-state index in [0.717, 1.165) is 5.56 Å². The molecule has 3 amide bonds. The minimum Gasteiger partial charge on any atom is -0.444 e. The highest BCUT2D eigenvalue weighted by molar-refractivity contribution is 5.96. The van der Waals surface area contributed by atoms with Gasteiger partial charge in [-0.2, -0.15) is 0 Å². The van der Waals surface area contributed by atoms with Crippen molar-refractivity contribution in [1.29, 1.82) is 0 Å². The van der Waals surface area contributed by atoms with E-state index in [1.165, 1.54) is 15.9 Å². The summed E-state index contributed by atoms with van der Waals surface area (Å²) in [5.41, 5.74) is -2.68. The van der Waals surface area contributed by atoms with Crippen molar-refractivity contribution in [3.05, 3.63) is 114 Å². The number of aliphatic hydroxyl groups excluding tert-OH is 1. The lowest BCUT2D eigenvalue weighted by molar-refractivity contribution is -0.120. The second kappa shape index (κ2) is 17.6. The SMILES string of the molecule is CC(C)(C)OC(=O)Nc1ccc(C(C(=O)C=C[C@@H]2[C@@H](c3ccccc3)OC(C)(C)N2C(=O)OC(C)(C)C)C(O)[C@@H]2[C@@H](c3ccccc3)OC(C)(C)N2C(=O)OC(C)(C)C)cc1. The summed E-state index contributed by atoms with van der Waals surface area (Å²) in [7, 11) is 0. The Morgan fingerprint density at radius 1 is 0.656 bits per heavy atom. The van der Waals surface area contributed by atoms with Crippen LogP contribution in [-0.4, -0.2) is 85.4 Å². The van der Waals surface area contributed by atoms with Crippen molar-refractivity contribution in [2.24, 2.45) is 0 Å². The summed E-state index contributed by atoms with van der Waals surface area (Å²) in [5.74, 6) is -1.85. The van der Waals surface area contributed by atoms with Crippen LogP contribution in [0.5, 0.6) is 0 Å². The maximum atomic E-state index is 15.1. The average molecular weight is 842 g/mol. The van der Waals surface area contributed by atoms with Crippen LogP contribution in [0.4, 0.5) is 20.1 Å². The van der Waals surface area contributed by atoms with E-state index in [0.29, 0.717) is 16.8 Å². The van der Waals surface area contributed by atoms with Crippen LogP contribution in [0.2, 0.25) is 0 Å². The molecule has 2 heterocycles. The molecule has 0 radical (unpaired) electrons. The Bertz CT molecular complexity index is 2050. The molecule has 0 saturated carbocycles. The van der Waals surface area contributed by atoms with E-state index in [4.69, 9.17) is 23.7 Å². The number of hydrogen-bond donors (Lipinski definition) is 2. The Morgan fingerprint density at radius 3 is 1.59 bits per heavy atom. The van der Waals surface area contributed by atoms with Crippen molar-refractivity contribution < 1.29 is 48.0 Å². The third-order valence-corrected chi connectivity index (χ3v) is 10.0. The third-order valence-electron chi connectivity index (χ3n) is 10.0. The van der Waals surface area contributed by atoms with Gasteiger partial charge in [-0.25, -0.2) is 14.4 Å². The number of carbonyl (C=O) groups is 4. The lowest BCUT2D eigenvalue weighted by Gasteiger charge is -2.38. The smallest absolute Gasteiger partial charge is 0.413 e. The van der Waals surface area contributed by atoms with E-state index in [1.54, 1.807) is 120 Å². The molecule has 6 atom stereocenters. The largest absolute Gasteiger partial charge is 0.444 e. The van der Waals surface area contributed by atoms with Crippen molar-refractivity contribution in [1.82, 2.24) is 9.80 Å². The van der Waals surface area contributed by atoms with Gasteiger partial charge in [0.15, 0.2) is 5.78 Å². The summed E-state index contributed by atoms with van der Waals surface area (Å²) < 4.78 is 30.3. The Labute approximate surface area is 360 Å². The molecular formula is C48H63N3O10. The van der Waals surface area contributed by atoms with E-state index in [9.17, 15) is 19.5 Å². The van der Waals surface area contributed by atoms with Crippen LogP contribution in [0, 0.1) is 0 Å². The zero-order chi connectivity index (χ0) is 45.3. The van der Waals surface area contributed by atoms with Crippen LogP contribution in [0.15, 0.2) is 97.1 Å². The van der Waals surface area contributed by atoms with Gasteiger partial charge < -0.3 is 28.8 Å². The van der Waals surface area contributed by atoms with Crippen LogP contribution in [0.3, 0.4) is 0 Å². The van der Waals surface area contributed by atoms with Gasteiger partial charge in [-0.05, 0) is 125 Å². The number of allylic oxidation sites excluding steroid dienone is 1. The Kier molecular flexibility index (Phi) is 13.5. The molecular weight excluding hydrogens is 779 g/mol. The van der Waals surface area contributed by atoms with E-state index >= 15 is 4.79 Å². The van der Waals surface area contributed by atoms with Gasteiger partial charge in [0.25, 0.3) is 0 Å². The van der Waals surface area contributed by atoms with Gasteiger partial charge in [0, 0.05) is 5.69 Å². The minimum absolute atomic E-state index is 0.379. The first-order chi connectivity index (χ1) is 28.2. The Hall–Kier alpha value is -5.24.